The molecule has 0 saturated heterocycles. The maximum absolute atomic E-state index is 12.9. The number of halogens is 3. The van der Waals surface area contributed by atoms with Crippen LogP contribution in [0.5, 0.6) is 0 Å². The fraction of sp³-hybridized carbons (Fsp3) is 0.526. The second-order valence-electron chi connectivity index (χ2n) is 8.11. The molecule has 1 aromatic rings. The highest BCUT2D eigenvalue weighted by Crippen LogP contribution is 2.33. The molecule has 1 saturated carbocycles. The summed E-state index contributed by atoms with van der Waals surface area (Å²) in [6.07, 6.45) is -11.2. The fourth-order valence-corrected chi connectivity index (χ4v) is 4.85. The molecule has 0 aromatic heterocycles. The normalized spacial score (nSPS) is 26.1. The average Bonchev–Trinajstić information content (AvgIpc) is 2.73. The Kier molecular flexibility index (Phi) is 8.49. The Labute approximate surface area is 197 Å². The van der Waals surface area contributed by atoms with Crippen molar-refractivity contribution in [2.45, 2.75) is 66.6 Å². The lowest BCUT2D eigenvalue weighted by Crippen LogP contribution is -2.64. The summed E-state index contributed by atoms with van der Waals surface area (Å²) in [5.41, 5.74) is 1.30. The average molecular weight is 527 g/mol. The number of aliphatic hydroxyl groups is 3. The smallest absolute Gasteiger partial charge is 0.416 e. The van der Waals surface area contributed by atoms with E-state index < -0.39 is 100 Å². The van der Waals surface area contributed by atoms with Crippen molar-refractivity contribution in [2.24, 2.45) is 5.73 Å². The molecule has 12 nitrogen and oxygen atoms in total. The lowest BCUT2D eigenvalue weighted by Gasteiger charge is -2.41. The van der Waals surface area contributed by atoms with E-state index in [9.17, 15) is 51.3 Å². The van der Waals surface area contributed by atoms with Crippen LogP contribution in [0.2, 0.25) is 0 Å². The number of alkyl halides is 3. The van der Waals surface area contributed by atoms with Gasteiger partial charge in [-0.15, -0.1) is 0 Å². The van der Waals surface area contributed by atoms with Crippen LogP contribution < -0.4 is 15.8 Å². The van der Waals surface area contributed by atoms with Crippen LogP contribution in [0.25, 0.3) is 0 Å². The van der Waals surface area contributed by atoms with E-state index in [1.165, 1.54) is 0 Å². The molecule has 5 atom stereocenters. The predicted octanol–water partition coefficient (Wildman–Crippen LogP) is -1.57. The molecule has 1 aliphatic carbocycles. The van der Waals surface area contributed by atoms with E-state index >= 15 is 0 Å². The molecule has 0 aliphatic heterocycles. The Morgan fingerprint density at radius 2 is 1.83 bits per heavy atom. The number of primary amides is 1. The monoisotopic (exact) mass is 527 g/mol. The first-order valence-electron chi connectivity index (χ1n) is 10.1. The number of carbonyl (C=O) groups excluding carboxylic acids is 2. The molecule has 2 amide bonds. The van der Waals surface area contributed by atoms with Gasteiger partial charge in [-0.2, -0.15) is 13.2 Å². The minimum absolute atomic E-state index is 0.340. The number of nitrogens with two attached hydrogens (primary N) is 1. The van der Waals surface area contributed by atoms with Gasteiger partial charge in [0.2, 0.25) is 15.9 Å². The van der Waals surface area contributed by atoms with Crippen molar-refractivity contribution in [3.05, 3.63) is 29.8 Å². The summed E-state index contributed by atoms with van der Waals surface area (Å²) < 4.78 is 66.0. The summed E-state index contributed by atoms with van der Waals surface area (Å²) in [6.45, 7) is 0. The number of aliphatic hydroxyl groups excluding tert-OH is 2. The van der Waals surface area contributed by atoms with Gasteiger partial charge < -0.3 is 31.5 Å². The van der Waals surface area contributed by atoms with E-state index in [1.54, 1.807) is 0 Å². The number of amides is 2. The number of hydrogen-bond donors (Lipinski definition) is 7. The summed E-state index contributed by atoms with van der Waals surface area (Å²) in [4.78, 5) is 34.1. The number of aliphatic carboxylic acids is 1. The van der Waals surface area contributed by atoms with Gasteiger partial charge >= 0.3 is 12.1 Å². The van der Waals surface area contributed by atoms with Crippen molar-refractivity contribution in [2.75, 3.05) is 0 Å². The minimum Gasteiger partial charge on any atom is -0.481 e. The van der Waals surface area contributed by atoms with Crippen molar-refractivity contribution in [1.82, 2.24) is 10.0 Å². The highest BCUT2D eigenvalue weighted by molar-refractivity contribution is 7.89. The summed E-state index contributed by atoms with van der Waals surface area (Å²) in [6, 6.07) is -0.587. The number of hydrogen-bond acceptors (Lipinski definition) is 8. The molecule has 0 heterocycles. The van der Waals surface area contributed by atoms with Gasteiger partial charge in [0, 0.05) is 19.3 Å². The van der Waals surface area contributed by atoms with Crippen LogP contribution in [-0.4, -0.2) is 76.5 Å². The van der Waals surface area contributed by atoms with Crippen LogP contribution in [0.4, 0.5) is 13.2 Å². The molecule has 196 valence electrons. The van der Waals surface area contributed by atoms with E-state index in [2.05, 4.69) is 0 Å². The molecule has 0 bridgehead atoms. The largest absolute Gasteiger partial charge is 0.481 e. The van der Waals surface area contributed by atoms with Crippen LogP contribution >= 0.6 is 0 Å². The fourth-order valence-electron chi connectivity index (χ4n) is 3.55. The lowest BCUT2D eigenvalue weighted by molar-refractivity contribution is -0.158. The van der Waals surface area contributed by atoms with Gasteiger partial charge in [-0.3, -0.25) is 14.4 Å². The number of nitrogens with one attached hydrogen (secondary N) is 2. The number of sulfonamides is 1. The maximum Gasteiger partial charge on any atom is 0.416 e. The van der Waals surface area contributed by atoms with Gasteiger partial charge in [0.1, 0.15) is 11.6 Å². The zero-order valence-electron chi connectivity index (χ0n) is 17.9. The quantitative estimate of drug-likeness (QED) is 0.197. The van der Waals surface area contributed by atoms with Crippen molar-refractivity contribution < 1.29 is 56.4 Å². The van der Waals surface area contributed by atoms with Gasteiger partial charge in [-0.05, 0) is 24.6 Å². The maximum atomic E-state index is 12.9. The zero-order chi connectivity index (χ0) is 26.8. The van der Waals surface area contributed by atoms with E-state index in [0.29, 0.717) is 12.1 Å². The number of benzene rings is 1. The number of carboxylic acid groups (broad SMARTS) is 1. The Morgan fingerprint density at radius 3 is 2.37 bits per heavy atom. The molecule has 1 aromatic carbocycles. The molecule has 35 heavy (non-hydrogen) atoms. The molecule has 0 spiro atoms. The standard InChI is InChI=1S/C19H24F3N3O9S/c20-19(21,22)9-2-1-3-10(6-9)35(33,34)25-12-7-18(32,8-13(26)15(12)29)17(31)24-11(16(23)30)4-5-14(27)28/h1-3,6,11-13,15,25-26,29,32H,4-5,7-8H2,(H2,23,30)(H,24,31)(H,27,28). The van der Waals surface area contributed by atoms with Gasteiger partial charge in [0.15, 0.2) is 0 Å². The van der Waals surface area contributed by atoms with Crippen LogP contribution in [0.1, 0.15) is 31.2 Å². The number of carbonyl (C=O) groups is 3. The topological polar surface area (TPSA) is 216 Å². The van der Waals surface area contributed by atoms with Crippen molar-refractivity contribution in [1.29, 1.82) is 0 Å². The molecule has 0 radical (unpaired) electrons. The molecule has 2 rings (SSSR count). The highest BCUT2D eigenvalue weighted by Gasteiger charge is 2.50. The molecular formula is C19H24F3N3O9S. The van der Waals surface area contributed by atoms with Crippen LogP contribution in [0.3, 0.4) is 0 Å². The van der Waals surface area contributed by atoms with Gasteiger partial charge in [0.25, 0.3) is 5.91 Å². The Balaban J connectivity index is 2.26. The zero-order valence-corrected chi connectivity index (χ0v) is 18.7. The highest BCUT2D eigenvalue weighted by atomic mass is 32.2. The molecule has 16 heteroatoms. The predicted molar refractivity (Wildman–Crippen MR) is 110 cm³/mol. The SMILES string of the molecule is NC(=O)C(CCC(=O)O)NC(=O)C1(O)CC(O)C(O)C(NS(=O)(=O)c2cccc(C(F)(F)F)c2)C1. The van der Waals surface area contributed by atoms with E-state index in [1.807, 2.05) is 10.0 Å². The third-order valence-electron chi connectivity index (χ3n) is 5.41. The Morgan fingerprint density at radius 1 is 1.20 bits per heavy atom. The van der Waals surface area contributed by atoms with Gasteiger partial charge in [0.05, 0.1) is 28.7 Å². The summed E-state index contributed by atoms with van der Waals surface area (Å²) >= 11 is 0. The van der Waals surface area contributed by atoms with E-state index in [4.69, 9.17) is 10.8 Å². The van der Waals surface area contributed by atoms with Crippen molar-refractivity contribution in [3.8, 4) is 0 Å². The molecule has 8 N–H and O–H groups in total. The van der Waals surface area contributed by atoms with Crippen LogP contribution in [0, 0.1) is 0 Å². The lowest BCUT2D eigenvalue weighted by atomic mass is 9.78. The summed E-state index contributed by atoms with van der Waals surface area (Å²) in [5, 5.41) is 41.9. The summed E-state index contributed by atoms with van der Waals surface area (Å²) in [7, 11) is -4.73. The van der Waals surface area contributed by atoms with Crippen LogP contribution in [-0.2, 0) is 30.6 Å². The Hall–Kier alpha value is -2.79. The van der Waals surface area contributed by atoms with Crippen molar-refractivity contribution >= 4 is 27.8 Å². The minimum atomic E-state index is -4.85. The van der Waals surface area contributed by atoms with E-state index in [-0.39, 0.29) is 0 Å². The number of carboxylic acids is 1. The third-order valence-corrected chi connectivity index (χ3v) is 6.89. The van der Waals surface area contributed by atoms with E-state index in [0.717, 1.165) is 12.1 Å². The van der Waals surface area contributed by atoms with Gasteiger partial charge in [-0.25, -0.2) is 13.1 Å². The first-order valence-corrected chi connectivity index (χ1v) is 11.5. The number of rotatable bonds is 9. The van der Waals surface area contributed by atoms with Crippen LogP contribution in [0.15, 0.2) is 29.2 Å². The first-order chi connectivity index (χ1) is 16.0. The summed E-state index contributed by atoms with van der Waals surface area (Å²) in [5.74, 6) is -3.73. The molecular weight excluding hydrogens is 503 g/mol. The molecule has 5 unspecified atom stereocenters. The molecule has 1 aliphatic rings. The van der Waals surface area contributed by atoms with Gasteiger partial charge in [-0.1, -0.05) is 6.07 Å². The Bertz CT molecular complexity index is 1080. The second-order valence-corrected chi connectivity index (χ2v) is 9.83. The first kappa shape index (κ1) is 28.4. The third kappa shape index (κ3) is 7.11. The molecule has 1 fully saturated rings. The second kappa shape index (κ2) is 10.4. The van der Waals surface area contributed by atoms with Crippen molar-refractivity contribution in [3.63, 3.8) is 0 Å².